The first-order valence-corrected chi connectivity index (χ1v) is 6.47. The molecule has 1 rings (SSSR count). The van der Waals surface area contributed by atoms with Gasteiger partial charge in [0.25, 0.3) is 0 Å². The molecule has 0 saturated heterocycles. The highest BCUT2D eigenvalue weighted by Crippen LogP contribution is 2.22. The van der Waals surface area contributed by atoms with Gasteiger partial charge in [-0.15, -0.1) is 0 Å². The van der Waals surface area contributed by atoms with Crippen LogP contribution in [0.5, 0.6) is 0 Å². The molecule has 0 aliphatic rings. The Morgan fingerprint density at radius 1 is 1.07 bits per heavy atom. The van der Waals surface area contributed by atoms with E-state index in [1.54, 1.807) is 0 Å². The molecule has 0 bridgehead atoms. The van der Waals surface area contributed by atoms with Gasteiger partial charge in [0, 0.05) is 0 Å². The maximum absolute atomic E-state index is 10.4. The molecule has 0 aliphatic heterocycles. The predicted octanol–water partition coefficient (Wildman–Crippen LogP) is 2.14. The zero-order valence-corrected chi connectivity index (χ0v) is 10.4. The Kier molecular flexibility index (Phi) is 3.91. The lowest BCUT2D eigenvalue weighted by Gasteiger charge is -2.19. The minimum Gasteiger partial charge on any atom is -0.232 e. The van der Waals surface area contributed by atoms with E-state index >= 15 is 0 Å². The van der Waals surface area contributed by atoms with Gasteiger partial charge in [-0.05, 0) is 23.0 Å². The topological polar surface area (TPSA) is 34.1 Å². The SMILES string of the molecule is CC(C)(C)c1ccc(CC[SH](=O)=O)cc1. The van der Waals surface area contributed by atoms with Gasteiger partial charge < -0.3 is 0 Å². The Labute approximate surface area is 93.3 Å². The maximum atomic E-state index is 10.4. The quantitative estimate of drug-likeness (QED) is 0.801. The summed E-state index contributed by atoms with van der Waals surface area (Å²) < 4.78 is 20.9. The van der Waals surface area contributed by atoms with Crippen LogP contribution >= 0.6 is 0 Å². The monoisotopic (exact) mass is 226 g/mol. The van der Waals surface area contributed by atoms with Crippen LogP contribution in [0.4, 0.5) is 0 Å². The molecule has 2 nitrogen and oxygen atoms in total. The summed E-state index contributed by atoms with van der Waals surface area (Å²) in [6, 6.07) is 8.18. The Hall–Kier alpha value is -0.830. The zero-order chi connectivity index (χ0) is 11.5. The molecule has 0 spiro atoms. The van der Waals surface area contributed by atoms with E-state index in [0.717, 1.165) is 5.56 Å². The molecule has 15 heavy (non-hydrogen) atoms. The van der Waals surface area contributed by atoms with E-state index in [9.17, 15) is 8.42 Å². The lowest BCUT2D eigenvalue weighted by molar-refractivity contribution is 0.590. The van der Waals surface area contributed by atoms with Crippen molar-refractivity contribution in [2.75, 3.05) is 5.75 Å². The Balaban J connectivity index is 2.73. The van der Waals surface area contributed by atoms with Crippen molar-refractivity contribution in [3.8, 4) is 0 Å². The first-order valence-electron chi connectivity index (χ1n) is 5.11. The van der Waals surface area contributed by atoms with Crippen LogP contribution in [0.25, 0.3) is 0 Å². The molecule has 3 heteroatoms. The lowest BCUT2D eigenvalue weighted by Crippen LogP contribution is -2.10. The van der Waals surface area contributed by atoms with Crippen LogP contribution in [0.2, 0.25) is 0 Å². The summed E-state index contributed by atoms with van der Waals surface area (Å²) in [7, 11) is -2.25. The van der Waals surface area contributed by atoms with Gasteiger partial charge >= 0.3 is 0 Å². The maximum Gasteiger partial charge on any atom is 0.140 e. The van der Waals surface area contributed by atoms with Gasteiger partial charge in [0.15, 0.2) is 0 Å². The van der Waals surface area contributed by atoms with Crippen molar-refractivity contribution in [2.24, 2.45) is 0 Å². The largest absolute Gasteiger partial charge is 0.232 e. The number of benzene rings is 1. The Bertz CT molecular complexity index is 375. The van der Waals surface area contributed by atoms with Gasteiger partial charge in [-0.3, -0.25) is 0 Å². The van der Waals surface area contributed by atoms with Crippen molar-refractivity contribution in [2.45, 2.75) is 32.6 Å². The van der Waals surface area contributed by atoms with Crippen molar-refractivity contribution in [1.29, 1.82) is 0 Å². The second-order valence-electron chi connectivity index (χ2n) is 4.75. The van der Waals surface area contributed by atoms with Gasteiger partial charge in [-0.1, -0.05) is 45.0 Å². The molecule has 0 N–H and O–H groups in total. The summed E-state index contributed by atoms with van der Waals surface area (Å²) in [5, 5.41) is 0. The summed E-state index contributed by atoms with van der Waals surface area (Å²) in [5.41, 5.74) is 2.52. The third kappa shape index (κ3) is 4.04. The van der Waals surface area contributed by atoms with Crippen LogP contribution in [0.1, 0.15) is 31.9 Å². The van der Waals surface area contributed by atoms with Gasteiger partial charge in [0.05, 0.1) is 5.75 Å². The second-order valence-corrected chi connectivity index (χ2v) is 5.87. The third-order valence-corrected chi connectivity index (χ3v) is 2.99. The normalized spacial score (nSPS) is 12.0. The Morgan fingerprint density at radius 2 is 1.60 bits per heavy atom. The van der Waals surface area contributed by atoms with E-state index in [2.05, 4.69) is 32.9 Å². The first-order chi connectivity index (χ1) is 6.89. The summed E-state index contributed by atoms with van der Waals surface area (Å²) in [4.78, 5) is 0. The molecule has 84 valence electrons. The number of hydrogen-bond donors (Lipinski definition) is 1. The van der Waals surface area contributed by atoms with Crippen molar-refractivity contribution in [1.82, 2.24) is 0 Å². The van der Waals surface area contributed by atoms with Gasteiger partial charge in [-0.25, -0.2) is 8.42 Å². The zero-order valence-electron chi connectivity index (χ0n) is 9.49. The third-order valence-electron chi connectivity index (χ3n) is 2.40. The molecule has 0 aliphatic carbocycles. The fraction of sp³-hybridized carbons (Fsp3) is 0.500. The molecule has 0 unspecified atom stereocenters. The molecule has 0 heterocycles. The minimum atomic E-state index is -2.25. The van der Waals surface area contributed by atoms with Crippen LogP contribution in [-0.4, -0.2) is 14.2 Å². The molecule has 0 aromatic heterocycles. The molecule has 0 saturated carbocycles. The van der Waals surface area contributed by atoms with Crippen molar-refractivity contribution in [3.63, 3.8) is 0 Å². The number of aryl methyl sites for hydroxylation is 1. The highest BCUT2D eigenvalue weighted by atomic mass is 32.2. The van der Waals surface area contributed by atoms with Crippen LogP contribution in [0, 0.1) is 0 Å². The lowest BCUT2D eigenvalue weighted by atomic mass is 9.86. The molecular weight excluding hydrogens is 208 g/mol. The summed E-state index contributed by atoms with van der Waals surface area (Å²) in [6.07, 6.45) is 0.614. The van der Waals surface area contributed by atoms with Gasteiger partial charge in [0.2, 0.25) is 0 Å². The van der Waals surface area contributed by atoms with E-state index in [0.29, 0.717) is 6.42 Å². The fourth-order valence-corrected chi connectivity index (χ4v) is 1.83. The second kappa shape index (κ2) is 4.79. The predicted molar refractivity (Wildman–Crippen MR) is 64.0 cm³/mol. The molecule has 0 fully saturated rings. The van der Waals surface area contributed by atoms with Crippen LogP contribution in [-0.2, 0) is 22.5 Å². The molecular formula is C12H18O2S. The van der Waals surface area contributed by atoms with Crippen LogP contribution in [0.3, 0.4) is 0 Å². The average molecular weight is 226 g/mol. The number of rotatable bonds is 3. The number of thiol groups is 1. The molecule has 0 atom stereocenters. The first kappa shape index (κ1) is 12.2. The van der Waals surface area contributed by atoms with Gasteiger partial charge in [0.1, 0.15) is 10.7 Å². The average Bonchev–Trinajstić information content (AvgIpc) is 2.14. The van der Waals surface area contributed by atoms with E-state index in [4.69, 9.17) is 0 Å². The van der Waals surface area contributed by atoms with E-state index in [1.807, 2.05) is 12.1 Å². The highest BCUT2D eigenvalue weighted by molar-refractivity contribution is 7.72. The van der Waals surface area contributed by atoms with Crippen LogP contribution < -0.4 is 0 Å². The van der Waals surface area contributed by atoms with E-state index < -0.39 is 10.7 Å². The Morgan fingerprint density at radius 3 is 2.00 bits per heavy atom. The molecule has 1 aromatic rings. The fourth-order valence-electron chi connectivity index (χ4n) is 1.39. The smallest absolute Gasteiger partial charge is 0.140 e. The van der Waals surface area contributed by atoms with Gasteiger partial charge in [-0.2, -0.15) is 0 Å². The summed E-state index contributed by atoms with van der Waals surface area (Å²) in [5.74, 6) is 0.240. The van der Waals surface area contributed by atoms with Crippen molar-refractivity contribution < 1.29 is 8.42 Å². The number of hydrogen-bond acceptors (Lipinski definition) is 2. The molecule has 0 radical (unpaired) electrons. The molecule has 1 aromatic carbocycles. The van der Waals surface area contributed by atoms with E-state index in [1.165, 1.54) is 5.56 Å². The molecule has 0 amide bonds. The van der Waals surface area contributed by atoms with Crippen LogP contribution in [0.15, 0.2) is 24.3 Å². The minimum absolute atomic E-state index is 0.155. The summed E-state index contributed by atoms with van der Waals surface area (Å²) in [6.45, 7) is 6.49. The summed E-state index contributed by atoms with van der Waals surface area (Å²) >= 11 is 0. The van der Waals surface area contributed by atoms with Crippen molar-refractivity contribution >= 4 is 10.7 Å². The van der Waals surface area contributed by atoms with E-state index in [-0.39, 0.29) is 11.2 Å². The van der Waals surface area contributed by atoms with Crippen molar-refractivity contribution in [3.05, 3.63) is 35.4 Å². The highest BCUT2D eigenvalue weighted by Gasteiger charge is 2.12. The standard InChI is InChI=1S/C12H18O2S/c1-12(2,3)11-6-4-10(5-7-11)8-9-15(13)14/h4-7,15H,8-9H2,1-3H3.